The molecule has 5 nitrogen and oxygen atoms in total. The van der Waals surface area contributed by atoms with E-state index in [2.05, 4.69) is 52.1 Å². The smallest absolute Gasteiger partial charge is 0.149 e. The highest BCUT2D eigenvalue weighted by atomic mass is 79.9. The fraction of sp³-hybridized carbons (Fsp3) is 0.733. The summed E-state index contributed by atoms with van der Waals surface area (Å²) in [6.07, 6.45) is 2.27. The van der Waals surface area contributed by atoms with Crippen LogP contribution in [0.3, 0.4) is 0 Å². The van der Waals surface area contributed by atoms with Gasteiger partial charge in [-0.05, 0) is 62.9 Å². The van der Waals surface area contributed by atoms with Crippen LogP contribution < -0.4 is 5.32 Å². The number of halogens is 1. The van der Waals surface area contributed by atoms with Crippen molar-refractivity contribution in [3.05, 3.63) is 16.0 Å². The molecule has 0 spiro atoms. The summed E-state index contributed by atoms with van der Waals surface area (Å²) in [7, 11) is 4.35. The first-order valence-electron chi connectivity index (χ1n) is 7.69. The van der Waals surface area contributed by atoms with Crippen molar-refractivity contribution in [3.8, 4) is 0 Å². The summed E-state index contributed by atoms with van der Waals surface area (Å²) in [5, 5.41) is 3.39. The molecule has 1 unspecified atom stereocenters. The van der Waals surface area contributed by atoms with Crippen molar-refractivity contribution < 1.29 is 0 Å². The number of nitrogens with zero attached hydrogens (tertiary/aromatic N) is 4. The van der Waals surface area contributed by atoms with E-state index in [-0.39, 0.29) is 6.04 Å². The van der Waals surface area contributed by atoms with Crippen molar-refractivity contribution in [1.29, 1.82) is 0 Å². The van der Waals surface area contributed by atoms with E-state index >= 15 is 0 Å². The third-order valence-corrected chi connectivity index (χ3v) is 4.89. The van der Waals surface area contributed by atoms with Gasteiger partial charge in [-0.25, -0.2) is 9.97 Å². The lowest BCUT2D eigenvalue weighted by molar-refractivity contribution is 0.219. The molecule has 0 radical (unpaired) electrons. The van der Waals surface area contributed by atoms with Crippen LogP contribution in [0.15, 0.2) is 4.47 Å². The molecule has 118 valence electrons. The summed E-state index contributed by atoms with van der Waals surface area (Å²) >= 11 is 3.60. The summed E-state index contributed by atoms with van der Waals surface area (Å²) in [5.74, 6) is 1.84. The van der Waals surface area contributed by atoms with Crippen LogP contribution in [0.1, 0.15) is 37.3 Å². The van der Waals surface area contributed by atoms with E-state index in [0.717, 1.165) is 54.4 Å². The van der Waals surface area contributed by atoms with Gasteiger partial charge < -0.3 is 10.2 Å². The molecule has 1 aromatic heterocycles. The van der Waals surface area contributed by atoms with Crippen molar-refractivity contribution in [2.75, 3.05) is 45.6 Å². The Morgan fingerprint density at radius 2 is 2.05 bits per heavy atom. The Labute approximate surface area is 136 Å². The summed E-state index contributed by atoms with van der Waals surface area (Å²) in [5.41, 5.74) is 0.999. The lowest BCUT2D eigenvalue weighted by atomic mass is 10.2. The fourth-order valence-electron chi connectivity index (χ4n) is 2.64. The van der Waals surface area contributed by atoms with Crippen LogP contribution in [-0.4, -0.2) is 60.0 Å². The number of anilines is 1. The van der Waals surface area contributed by atoms with Gasteiger partial charge in [0.2, 0.25) is 0 Å². The predicted octanol–water partition coefficient (Wildman–Crippen LogP) is 2.68. The third-order valence-electron chi connectivity index (χ3n) is 3.94. The van der Waals surface area contributed by atoms with E-state index in [1.54, 1.807) is 0 Å². The van der Waals surface area contributed by atoms with E-state index in [4.69, 9.17) is 9.97 Å². The van der Waals surface area contributed by atoms with Gasteiger partial charge in [0.05, 0.1) is 16.2 Å². The van der Waals surface area contributed by atoms with Crippen LogP contribution >= 0.6 is 15.9 Å². The second-order valence-electron chi connectivity index (χ2n) is 5.87. The molecule has 1 N–H and O–H groups in total. The zero-order valence-corrected chi connectivity index (χ0v) is 15.1. The Morgan fingerprint density at radius 3 is 2.76 bits per heavy atom. The number of likely N-dealkylation sites (N-methyl/N-ethyl adjacent to an activating group) is 2. The minimum atomic E-state index is 0.256. The first-order valence-corrected chi connectivity index (χ1v) is 8.49. The van der Waals surface area contributed by atoms with Gasteiger partial charge in [0, 0.05) is 13.1 Å². The number of rotatable bonds is 4. The normalized spacial score (nSPS) is 21.3. The average molecular weight is 356 g/mol. The summed E-state index contributed by atoms with van der Waals surface area (Å²) in [6.45, 7) is 8.32. The molecule has 1 aliphatic rings. The van der Waals surface area contributed by atoms with Gasteiger partial charge in [-0.15, -0.1) is 0 Å². The van der Waals surface area contributed by atoms with Gasteiger partial charge in [0.1, 0.15) is 11.6 Å². The Bertz CT molecular complexity index is 479. The van der Waals surface area contributed by atoms with Gasteiger partial charge in [-0.2, -0.15) is 0 Å². The van der Waals surface area contributed by atoms with Crippen LogP contribution in [-0.2, 0) is 0 Å². The molecule has 0 bridgehead atoms. The standard InChI is InChI=1S/C15H26BrN5/c1-5-7-17-15-13(16)11(2)18-14(19-15)12-10-20(3)8-6-9-21(12)4/h12H,5-10H2,1-4H3,(H,17,18,19). The molecular weight excluding hydrogens is 330 g/mol. The minimum absolute atomic E-state index is 0.256. The monoisotopic (exact) mass is 355 g/mol. The molecule has 2 heterocycles. The van der Waals surface area contributed by atoms with Crippen LogP contribution in [0.4, 0.5) is 5.82 Å². The second-order valence-corrected chi connectivity index (χ2v) is 6.66. The van der Waals surface area contributed by atoms with Crippen LogP contribution in [0, 0.1) is 6.92 Å². The quantitative estimate of drug-likeness (QED) is 0.899. The Kier molecular flexibility index (Phi) is 5.96. The highest BCUT2D eigenvalue weighted by Gasteiger charge is 2.25. The van der Waals surface area contributed by atoms with Crippen LogP contribution in [0.5, 0.6) is 0 Å². The molecule has 0 amide bonds. The molecule has 1 aliphatic heterocycles. The van der Waals surface area contributed by atoms with E-state index in [0.29, 0.717) is 0 Å². The summed E-state index contributed by atoms with van der Waals surface area (Å²) in [6, 6.07) is 0.256. The zero-order valence-electron chi connectivity index (χ0n) is 13.5. The molecule has 1 atom stereocenters. The third kappa shape index (κ3) is 4.14. The van der Waals surface area contributed by atoms with Gasteiger partial charge in [-0.1, -0.05) is 6.92 Å². The minimum Gasteiger partial charge on any atom is -0.369 e. The number of nitrogens with one attached hydrogen (secondary N) is 1. The van der Waals surface area contributed by atoms with E-state index in [1.807, 2.05) is 6.92 Å². The highest BCUT2D eigenvalue weighted by Crippen LogP contribution is 2.27. The maximum atomic E-state index is 4.78. The topological polar surface area (TPSA) is 44.3 Å². The van der Waals surface area contributed by atoms with Gasteiger partial charge in [-0.3, -0.25) is 4.90 Å². The van der Waals surface area contributed by atoms with Gasteiger partial charge in [0.25, 0.3) is 0 Å². The van der Waals surface area contributed by atoms with Crippen LogP contribution in [0.25, 0.3) is 0 Å². The molecule has 0 saturated carbocycles. The molecule has 1 fully saturated rings. The fourth-order valence-corrected chi connectivity index (χ4v) is 2.96. The molecule has 2 rings (SSSR count). The van der Waals surface area contributed by atoms with E-state index < -0.39 is 0 Å². The predicted molar refractivity (Wildman–Crippen MR) is 90.7 cm³/mol. The molecule has 1 saturated heterocycles. The lowest BCUT2D eigenvalue weighted by Crippen LogP contribution is -2.32. The molecular formula is C15H26BrN5. The SMILES string of the molecule is CCCNc1nc(C2CN(C)CCCN2C)nc(C)c1Br. The number of hydrogen-bond acceptors (Lipinski definition) is 5. The summed E-state index contributed by atoms with van der Waals surface area (Å²) in [4.78, 5) is 14.2. The molecule has 21 heavy (non-hydrogen) atoms. The zero-order chi connectivity index (χ0) is 15.4. The molecule has 6 heteroatoms. The van der Waals surface area contributed by atoms with Crippen molar-refractivity contribution in [1.82, 2.24) is 19.8 Å². The first kappa shape index (κ1) is 16.6. The van der Waals surface area contributed by atoms with Crippen molar-refractivity contribution >= 4 is 21.7 Å². The maximum Gasteiger partial charge on any atom is 0.149 e. The van der Waals surface area contributed by atoms with Crippen LogP contribution in [0.2, 0.25) is 0 Å². The molecule has 1 aromatic rings. The Balaban J connectivity index is 2.30. The number of hydrogen-bond donors (Lipinski definition) is 1. The highest BCUT2D eigenvalue weighted by molar-refractivity contribution is 9.10. The molecule has 0 aliphatic carbocycles. The van der Waals surface area contributed by atoms with E-state index in [9.17, 15) is 0 Å². The number of aromatic nitrogens is 2. The Hall–Kier alpha value is -0.720. The summed E-state index contributed by atoms with van der Waals surface area (Å²) < 4.78 is 0.976. The molecule has 0 aromatic carbocycles. The van der Waals surface area contributed by atoms with Crippen molar-refractivity contribution in [3.63, 3.8) is 0 Å². The van der Waals surface area contributed by atoms with Gasteiger partial charge in [0.15, 0.2) is 0 Å². The lowest BCUT2D eigenvalue weighted by Gasteiger charge is -2.27. The maximum absolute atomic E-state index is 4.78. The average Bonchev–Trinajstić information content (AvgIpc) is 2.62. The first-order chi connectivity index (χ1) is 10.0. The largest absolute Gasteiger partial charge is 0.369 e. The Morgan fingerprint density at radius 1 is 1.29 bits per heavy atom. The second kappa shape index (κ2) is 7.51. The van der Waals surface area contributed by atoms with Crippen molar-refractivity contribution in [2.45, 2.75) is 32.7 Å². The van der Waals surface area contributed by atoms with Gasteiger partial charge >= 0.3 is 0 Å². The number of aryl methyl sites for hydroxylation is 1. The van der Waals surface area contributed by atoms with Crippen molar-refractivity contribution in [2.24, 2.45) is 0 Å². The van der Waals surface area contributed by atoms with E-state index in [1.165, 1.54) is 6.42 Å².